The third-order valence-electron chi connectivity index (χ3n) is 3.99. The van der Waals surface area contributed by atoms with E-state index in [1.54, 1.807) is 36.4 Å². The third kappa shape index (κ3) is 4.28. The first kappa shape index (κ1) is 18.5. The van der Waals surface area contributed by atoms with Gasteiger partial charge in [0.2, 0.25) is 0 Å². The van der Waals surface area contributed by atoms with Crippen LogP contribution in [0.1, 0.15) is 16.8 Å². The lowest BCUT2D eigenvalue weighted by Crippen LogP contribution is -2.28. The highest BCUT2D eigenvalue weighted by Gasteiger charge is 2.35. The molecule has 1 heterocycles. The number of benzene rings is 2. The lowest BCUT2D eigenvalue weighted by molar-refractivity contribution is -0.141. The van der Waals surface area contributed by atoms with E-state index < -0.39 is 17.9 Å². The summed E-state index contributed by atoms with van der Waals surface area (Å²) in [5.74, 6) is 0. The van der Waals surface area contributed by atoms with E-state index in [4.69, 9.17) is 5.73 Å². The molecule has 8 heteroatoms. The van der Waals surface area contributed by atoms with Gasteiger partial charge < -0.3 is 11.1 Å². The quantitative estimate of drug-likeness (QED) is 0.724. The minimum Gasteiger partial charge on any atom is -0.352 e. The van der Waals surface area contributed by atoms with Crippen molar-refractivity contribution in [1.82, 2.24) is 15.1 Å². The van der Waals surface area contributed by atoms with E-state index in [1.165, 1.54) is 4.68 Å². The van der Waals surface area contributed by atoms with Gasteiger partial charge in [0.15, 0.2) is 5.69 Å². The highest BCUT2D eigenvalue weighted by Crippen LogP contribution is 2.33. The Morgan fingerprint density at radius 3 is 2.30 bits per heavy atom. The Balaban J connectivity index is 2.01. The largest absolute Gasteiger partial charge is 0.435 e. The molecule has 2 aromatic carbocycles. The lowest BCUT2D eigenvalue weighted by Gasteiger charge is -2.09. The molecule has 3 rings (SSSR count). The smallest absolute Gasteiger partial charge is 0.352 e. The van der Waals surface area contributed by atoms with E-state index in [1.807, 2.05) is 19.1 Å². The van der Waals surface area contributed by atoms with Gasteiger partial charge in [-0.25, -0.2) is 9.48 Å². The van der Waals surface area contributed by atoms with Gasteiger partial charge in [-0.15, -0.1) is 0 Å². The Morgan fingerprint density at radius 1 is 1.11 bits per heavy atom. The lowest BCUT2D eigenvalue weighted by atomic mass is 10.1. The molecule has 0 saturated carbocycles. The number of hydrogen-bond acceptors (Lipinski definition) is 2. The number of primary amides is 1. The van der Waals surface area contributed by atoms with Crippen molar-refractivity contribution in [1.29, 1.82) is 0 Å². The second-order valence-electron chi connectivity index (χ2n) is 6.07. The van der Waals surface area contributed by atoms with Crippen LogP contribution in [0.3, 0.4) is 0 Å². The Morgan fingerprint density at radius 2 is 1.74 bits per heavy atom. The zero-order valence-corrected chi connectivity index (χ0v) is 14.4. The van der Waals surface area contributed by atoms with Crippen LogP contribution in [0.15, 0.2) is 54.6 Å². The van der Waals surface area contributed by atoms with Gasteiger partial charge in [0, 0.05) is 12.1 Å². The van der Waals surface area contributed by atoms with E-state index in [9.17, 15) is 18.0 Å². The fourth-order valence-corrected chi connectivity index (χ4v) is 2.59. The van der Waals surface area contributed by atoms with Crippen LogP contribution in [0.5, 0.6) is 0 Å². The fraction of sp³-hybridized carbons (Fsp3) is 0.158. The molecule has 0 atom stereocenters. The van der Waals surface area contributed by atoms with Crippen molar-refractivity contribution in [2.24, 2.45) is 5.73 Å². The fourth-order valence-electron chi connectivity index (χ4n) is 2.59. The van der Waals surface area contributed by atoms with Crippen LogP contribution in [0.4, 0.5) is 18.0 Å². The SMILES string of the molecule is Cc1ccc(-c2cc(C(F)(F)F)nn2-c2ccc(CNC(N)=O)cc2)cc1. The van der Waals surface area contributed by atoms with E-state index in [0.29, 0.717) is 16.9 Å². The molecule has 1 aromatic heterocycles. The molecule has 3 aromatic rings. The van der Waals surface area contributed by atoms with Crippen LogP contribution in [0.2, 0.25) is 0 Å². The van der Waals surface area contributed by atoms with Gasteiger partial charge in [0.25, 0.3) is 0 Å². The molecule has 0 unspecified atom stereocenters. The van der Waals surface area contributed by atoms with Crippen LogP contribution >= 0.6 is 0 Å². The first-order valence-corrected chi connectivity index (χ1v) is 8.11. The van der Waals surface area contributed by atoms with Crippen molar-refractivity contribution in [2.45, 2.75) is 19.6 Å². The number of halogens is 3. The predicted octanol–water partition coefficient (Wildman–Crippen LogP) is 4.03. The molecular formula is C19H17F3N4O. The number of aryl methyl sites for hydroxylation is 1. The number of urea groups is 1. The van der Waals surface area contributed by atoms with Gasteiger partial charge in [-0.3, -0.25) is 0 Å². The molecule has 0 saturated heterocycles. The van der Waals surface area contributed by atoms with Gasteiger partial charge >= 0.3 is 12.2 Å². The van der Waals surface area contributed by atoms with E-state index in [2.05, 4.69) is 10.4 Å². The molecule has 2 amide bonds. The van der Waals surface area contributed by atoms with Crippen molar-refractivity contribution in [3.8, 4) is 16.9 Å². The Kier molecular flexibility index (Phi) is 4.89. The first-order valence-electron chi connectivity index (χ1n) is 8.11. The number of amides is 2. The molecule has 3 N–H and O–H groups in total. The van der Waals surface area contributed by atoms with Crippen molar-refractivity contribution < 1.29 is 18.0 Å². The van der Waals surface area contributed by atoms with Gasteiger partial charge in [0.05, 0.1) is 11.4 Å². The summed E-state index contributed by atoms with van der Waals surface area (Å²) in [7, 11) is 0. The maximum Gasteiger partial charge on any atom is 0.435 e. The number of nitrogens with zero attached hydrogens (tertiary/aromatic N) is 2. The van der Waals surface area contributed by atoms with Gasteiger partial charge in [-0.05, 0) is 30.7 Å². The number of hydrogen-bond donors (Lipinski definition) is 2. The molecule has 0 aliphatic heterocycles. The summed E-state index contributed by atoms with van der Waals surface area (Å²) in [5, 5.41) is 6.21. The van der Waals surface area contributed by atoms with Crippen LogP contribution in [0.25, 0.3) is 16.9 Å². The zero-order valence-electron chi connectivity index (χ0n) is 14.4. The predicted molar refractivity (Wildman–Crippen MR) is 95.2 cm³/mol. The number of carbonyl (C=O) groups excluding carboxylic acids is 1. The summed E-state index contributed by atoms with van der Waals surface area (Å²) in [5.41, 5.74) is 7.28. The topological polar surface area (TPSA) is 72.9 Å². The van der Waals surface area contributed by atoms with Crippen molar-refractivity contribution in [3.05, 3.63) is 71.4 Å². The maximum atomic E-state index is 13.2. The minimum atomic E-state index is -4.55. The Labute approximate surface area is 153 Å². The van der Waals surface area contributed by atoms with E-state index >= 15 is 0 Å². The Hall–Kier alpha value is -3.29. The van der Waals surface area contributed by atoms with Crippen molar-refractivity contribution >= 4 is 6.03 Å². The molecule has 0 bridgehead atoms. The summed E-state index contributed by atoms with van der Waals surface area (Å²) < 4.78 is 40.8. The molecule has 140 valence electrons. The third-order valence-corrected chi connectivity index (χ3v) is 3.99. The second kappa shape index (κ2) is 7.14. The summed E-state index contributed by atoms with van der Waals surface area (Å²) in [4.78, 5) is 10.8. The number of nitrogens with one attached hydrogen (secondary N) is 1. The average Bonchev–Trinajstić information content (AvgIpc) is 3.07. The molecule has 0 aliphatic carbocycles. The average molecular weight is 374 g/mol. The summed E-state index contributed by atoms with van der Waals surface area (Å²) in [6.45, 7) is 2.13. The van der Waals surface area contributed by atoms with Gasteiger partial charge in [0.1, 0.15) is 0 Å². The summed E-state index contributed by atoms with van der Waals surface area (Å²) in [6, 6.07) is 14.2. The van der Waals surface area contributed by atoms with E-state index in [0.717, 1.165) is 17.2 Å². The molecule has 5 nitrogen and oxygen atoms in total. The van der Waals surface area contributed by atoms with Crippen LogP contribution < -0.4 is 11.1 Å². The molecule has 0 fully saturated rings. The number of alkyl halides is 3. The molecular weight excluding hydrogens is 357 g/mol. The van der Waals surface area contributed by atoms with Crippen LogP contribution in [0, 0.1) is 6.92 Å². The minimum absolute atomic E-state index is 0.230. The molecule has 27 heavy (non-hydrogen) atoms. The molecule has 0 radical (unpaired) electrons. The van der Waals surface area contributed by atoms with Crippen molar-refractivity contribution in [2.75, 3.05) is 0 Å². The zero-order chi connectivity index (χ0) is 19.6. The van der Waals surface area contributed by atoms with Crippen LogP contribution in [-0.4, -0.2) is 15.8 Å². The summed E-state index contributed by atoms with van der Waals surface area (Å²) in [6.07, 6.45) is -4.55. The molecule has 0 spiro atoms. The Bertz CT molecular complexity index is 945. The van der Waals surface area contributed by atoms with Crippen molar-refractivity contribution in [3.63, 3.8) is 0 Å². The normalized spacial score (nSPS) is 11.4. The van der Waals surface area contributed by atoms with Crippen LogP contribution in [-0.2, 0) is 12.7 Å². The number of rotatable bonds is 4. The first-order chi connectivity index (χ1) is 12.7. The van der Waals surface area contributed by atoms with Gasteiger partial charge in [-0.2, -0.15) is 18.3 Å². The van der Waals surface area contributed by atoms with Gasteiger partial charge in [-0.1, -0.05) is 42.0 Å². The molecule has 0 aliphatic rings. The highest BCUT2D eigenvalue weighted by molar-refractivity contribution is 5.71. The highest BCUT2D eigenvalue weighted by atomic mass is 19.4. The summed E-state index contributed by atoms with van der Waals surface area (Å²) >= 11 is 0. The second-order valence-corrected chi connectivity index (χ2v) is 6.07. The maximum absolute atomic E-state index is 13.2. The standard InChI is InChI=1S/C19H17F3N4O/c1-12-2-6-14(7-3-12)16-10-17(19(20,21)22)25-26(16)15-8-4-13(5-9-15)11-24-18(23)27/h2-10H,11H2,1H3,(H3,23,24,27). The monoisotopic (exact) mass is 374 g/mol. The number of aromatic nitrogens is 2. The number of nitrogens with two attached hydrogens (primary N) is 1. The number of carbonyl (C=O) groups is 1. The van der Waals surface area contributed by atoms with E-state index in [-0.39, 0.29) is 6.54 Å².